The molecule has 2 aromatic carbocycles. The molecule has 0 radical (unpaired) electrons. The van der Waals surface area contributed by atoms with Crippen molar-refractivity contribution in [1.29, 1.82) is 0 Å². The first-order valence-corrected chi connectivity index (χ1v) is 9.07. The van der Waals surface area contributed by atoms with Gasteiger partial charge in [0, 0.05) is 38.4 Å². The van der Waals surface area contributed by atoms with Crippen LogP contribution in [0.5, 0.6) is 0 Å². The Kier molecular flexibility index (Phi) is 5.89. The van der Waals surface area contributed by atoms with Gasteiger partial charge < -0.3 is 10.2 Å². The van der Waals surface area contributed by atoms with Gasteiger partial charge in [-0.2, -0.15) is 0 Å². The zero-order valence-corrected chi connectivity index (χ0v) is 15.5. The summed E-state index contributed by atoms with van der Waals surface area (Å²) in [6.45, 7) is 8.13. The average Bonchev–Trinajstić information content (AvgIpc) is 2.63. The smallest absolute Gasteiger partial charge is 0.234 e. The molecule has 0 aliphatic carbocycles. The Hall–Kier alpha value is -2.40. The standard InChI is InChI=1S/C21H26FN3O/c1-16-4-3-5-19(12-16)25-10-8-24(9-11-25)15-21(26)23-14-18-7-6-17(2)20(22)13-18/h3-7,12-13H,8-11,14-15H2,1-2H3,(H,23,26). The van der Waals surface area contributed by atoms with Crippen molar-refractivity contribution in [3.8, 4) is 0 Å². The molecule has 26 heavy (non-hydrogen) atoms. The minimum absolute atomic E-state index is 0.0185. The van der Waals surface area contributed by atoms with E-state index in [1.165, 1.54) is 17.3 Å². The van der Waals surface area contributed by atoms with Crippen molar-refractivity contribution in [3.05, 3.63) is 65.0 Å². The molecule has 1 heterocycles. The molecule has 0 bridgehead atoms. The third-order valence-electron chi connectivity index (χ3n) is 4.83. The highest BCUT2D eigenvalue weighted by Crippen LogP contribution is 2.17. The molecule has 1 fully saturated rings. The minimum atomic E-state index is -0.232. The van der Waals surface area contributed by atoms with Crippen LogP contribution in [-0.4, -0.2) is 43.5 Å². The second-order valence-electron chi connectivity index (χ2n) is 6.96. The second kappa shape index (κ2) is 8.32. The van der Waals surface area contributed by atoms with Gasteiger partial charge in [-0.15, -0.1) is 0 Å². The Morgan fingerprint density at radius 2 is 1.85 bits per heavy atom. The van der Waals surface area contributed by atoms with E-state index < -0.39 is 0 Å². The number of nitrogens with one attached hydrogen (secondary N) is 1. The third kappa shape index (κ3) is 4.82. The Morgan fingerprint density at radius 3 is 2.54 bits per heavy atom. The van der Waals surface area contributed by atoms with Gasteiger partial charge >= 0.3 is 0 Å². The molecule has 3 rings (SSSR count). The molecule has 1 aliphatic rings. The van der Waals surface area contributed by atoms with Crippen LogP contribution in [0.2, 0.25) is 0 Å². The number of rotatable bonds is 5. The van der Waals surface area contributed by atoms with E-state index in [0.29, 0.717) is 18.7 Å². The number of nitrogens with zero attached hydrogens (tertiary/aromatic N) is 2. The molecule has 138 valence electrons. The minimum Gasteiger partial charge on any atom is -0.369 e. The normalized spacial score (nSPS) is 15.1. The molecule has 1 saturated heterocycles. The quantitative estimate of drug-likeness (QED) is 0.896. The lowest BCUT2D eigenvalue weighted by Gasteiger charge is -2.35. The van der Waals surface area contributed by atoms with Crippen LogP contribution in [0.25, 0.3) is 0 Å². The van der Waals surface area contributed by atoms with Crippen LogP contribution in [0.3, 0.4) is 0 Å². The molecule has 1 N–H and O–H groups in total. The molecule has 0 atom stereocenters. The molecule has 0 spiro atoms. The Labute approximate surface area is 154 Å². The number of halogens is 1. The first-order chi connectivity index (χ1) is 12.5. The summed E-state index contributed by atoms with van der Waals surface area (Å²) in [5.41, 5.74) is 3.91. The van der Waals surface area contributed by atoms with Gasteiger partial charge in [0.05, 0.1) is 6.54 Å². The number of anilines is 1. The van der Waals surface area contributed by atoms with E-state index in [0.717, 1.165) is 31.7 Å². The van der Waals surface area contributed by atoms with Crippen LogP contribution < -0.4 is 10.2 Å². The predicted molar refractivity (Wildman–Crippen MR) is 103 cm³/mol. The molecule has 0 aromatic heterocycles. The summed E-state index contributed by atoms with van der Waals surface area (Å²) >= 11 is 0. The van der Waals surface area contributed by atoms with Crippen molar-refractivity contribution in [2.24, 2.45) is 0 Å². The van der Waals surface area contributed by atoms with Gasteiger partial charge in [-0.05, 0) is 48.7 Å². The highest BCUT2D eigenvalue weighted by molar-refractivity contribution is 5.78. The number of carbonyl (C=O) groups excluding carboxylic acids is 1. The van der Waals surface area contributed by atoms with Crippen LogP contribution in [0, 0.1) is 19.7 Å². The first kappa shape index (κ1) is 18.4. The van der Waals surface area contributed by atoms with Crippen molar-refractivity contribution in [3.63, 3.8) is 0 Å². The highest BCUT2D eigenvalue weighted by Gasteiger charge is 2.19. The summed E-state index contributed by atoms with van der Waals surface area (Å²) in [5.74, 6) is -0.251. The molecule has 0 unspecified atom stereocenters. The van der Waals surface area contributed by atoms with E-state index in [1.54, 1.807) is 13.0 Å². The summed E-state index contributed by atoms with van der Waals surface area (Å²) in [4.78, 5) is 16.7. The van der Waals surface area contributed by atoms with E-state index in [2.05, 4.69) is 46.3 Å². The predicted octanol–water partition coefficient (Wildman–Crippen LogP) is 2.88. The SMILES string of the molecule is Cc1cccc(N2CCN(CC(=O)NCc3ccc(C)c(F)c3)CC2)c1. The number of amides is 1. The van der Waals surface area contributed by atoms with E-state index in [-0.39, 0.29) is 11.7 Å². The van der Waals surface area contributed by atoms with E-state index in [4.69, 9.17) is 0 Å². The van der Waals surface area contributed by atoms with E-state index >= 15 is 0 Å². The summed E-state index contributed by atoms with van der Waals surface area (Å²) in [6, 6.07) is 13.6. The topological polar surface area (TPSA) is 35.6 Å². The molecule has 1 aliphatic heterocycles. The van der Waals surface area contributed by atoms with Gasteiger partial charge in [0.15, 0.2) is 0 Å². The lowest BCUT2D eigenvalue weighted by Crippen LogP contribution is -2.49. The first-order valence-electron chi connectivity index (χ1n) is 9.07. The van der Waals surface area contributed by atoms with Crippen LogP contribution >= 0.6 is 0 Å². The molecular formula is C21H26FN3O. The van der Waals surface area contributed by atoms with Gasteiger partial charge in [-0.25, -0.2) is 4.39 Å². The zero-order valence-electron chi connectivity index (χ0n) is 15.5. The zero-order chi connectivity index (χ0) is 18.5. The summed E-state index contributed by atoms with van der Waals surface area (Å²) in [5, 5.41) is 2.88. The molecule has 2 aromatic rings. The Bertz CT molecular complexity index is 770. The Balaban J connectivity index is 1.43. The van der Waals surface area contributed by atoms with Crippen molar-refractivity contribution in [2.75, 3.05) is 37.6 Å². The van der Waals surface area contributed by atoms with Gasteiger partial charge in [0.1, 0.15) is 5.82 Å². The lowest BCUT2D eigenvalue weighted by atomic mass is 10.1. The van der Waals surface area contributed by atoms with Gasteiger partial charge in [-0.1, -0.05) is 24.3 Å². The van der Waals surface area contributed by atoms with Crippen LogP contribution in [0.4, 0.5) is 10.1 Å². The van der Waals surface area contributed by atoms with Gasteiger partial charge in [-0.3, -0.25) is 9.69 Å². The van der Waals surface area contributed by atoms with Crippen LogP contribution in [0.1, 0.15) is 16.7 Å². The van der Waals surface area contributed by atoms with Gasteiger partial charge in [0.25, 0.3) is 0 Å². The second-order valence-corrected chi connectivity index (χ2v) is 6.96. The third-order valence-corrected chi connectivity index (χ3v) is 4.83. The van der Waals surface area contributed by atoms with E-state index in [1.807, 2.05) is 6.07 Å². The monoisotopic (exact) mass is 355 g/mol. The fourth-order valence-electron chi connectivity index (χ4n) is 3.19. The maximum Gasteiger partial charge on any atom is 0.234 e. The lowest BCUT2D eigenvalue weighted by molar-refractivity contribution is -0.122. The van der Waals surface area contributed by atoms with Crippen LogP contribution in [0.15, 0.2) is 42.5 Å². The Morgan fingerprint density at radius 1 is 1.08 bits per heavy atom. The van der Waals surface area contributed by atoms with E-state index in [9.17, 15) is 9.18 Å². The maximum absolute atomic E-state index is 13.6. The largest absolute Gasteiger partial charge is 0.369 e. The van der Waals surface area contributed by atoms with Crippen molar-refractivity contribution in [1.82, 2.24) is 10.2 Å². The van der Waals surface area contributed by atoms with Crippen molar-refractivity contribution >= 4 is 11.6 Å². The molecule has 4 nitrogen and oxygen atoms in total. The number of carbonyl (C=O) groups is 1. The maximum atomic E-state index is 13.6. The fourth-order valence-corrected chi connectivity index (χ4v) is 3.19. The molecular weight excluding hydrogens is 329 g/mol. The summed E-state index contributed by atoms with van der Waals surface area (Å²) < 4.78 is 13.6. The molecule has 1 amide bonds. The van der Waals surface area contributed by atoms with Crippen LogP contribution in [-0.2, 0) is 11.3 Å². The molecule has 5 heteroatoms. The van der Waals surface area contributed by atoms with Gasteiger partial charge in [0.2, 0.25) is 5.91 Å². The number of hydrogen-bond donors (Lipinski definition) is 1. The average molecular weight is 355 g/mol. The van der Waals surface area contributed by atoms with Crippen molar-refractivity contribution in [2.45, 2.75) is 20.4 Å². The number of benzene rings is 2. The summed E-state index contributed by atoms with van der Waals surface area (Å²) in [7, 11) is 0. The number of piperazine rings is 1. The van der Waals surface area contributed by atoms with Crippen molar-refractivity contribution < 1.29 is 9.18 Å². The number of aryl methyl sites for hydroxylation is 2. The number of hydrogen-bond acceptors (Lipinski definition) is 3. The fraction of sp³-hybridized carbons (Fsp3) is 0.381. The highest BCUT2D eigenvalue weighted by atomic mass is 19.1. The summed E-state index contributed by atoms with van der Waals surface area (Å²) in [6.07, 6.45) is 0. The molecule has 0 saturated carbocycles.